The summed E-state index contributed by atoms with van der Waals surface area (Å²) < 4.78 is 43.8. The largest absolute Gasteiger partial charge is 0.461 e. The molecule has 4 aliphatic rings. The first-order valence-corrected chi connectivity index (χ1v) is 17.6. The highest BCUT2D eigenvalue weighted by Crippen LogP contribution is 2.40. The topological polar surface area (TPSA) is 122 Å². The van der Waals surface area contributed by atoms with E-state index in [1.165, 1.54) is 6.07 Å². The summed E-state index contributed by atoms with van der Waals surface area (Å²) >= 11 is 0. The van der Waals surface area contributed by atoms with Gasteiger partial charge in [-0.1, -0.05) is 30.3 Å². The first-order chi connectivity index (χ1) is 24.4. The fourth-order valence-corrected chi connectivity index (χ4v) is 8.10. The number of hydrogen-bond acceptors (Lipinski definition) is 10. The number of benzene rings is 2. The monoisotopic (exact) mass is 812 g/mol. The molecule has 6 heterocycles. The standard InChI is InChI=1S/C37H42F2N8O3.HI/c38-28-9-2-7-24-6-1-8-26(30(24)28)32-31(39)33-27(21-42-32)34(44-36(43-33)50-23-37-10-3-14-47(37)15-4-11-37)46-13-5-12-41-25(22-46)20-29(40)35(48)45-16-18-49-19-17-45;/h1-2,6-9,20-21,29,41H,3-5,10-19,22-23,40H2;1H/b25-20-;. The van der Waals surface area contributed by atoms with Crippen molar-refractivity contribution in [3.63, 3.8) is 0 Å². The van der Waals surface area contributed by atoms with Crippen LogP contribution in [0.15, 0.2) is 54.4 Å². The van der Waals surface area contributed by atoms with Crippen molar-refractivity contribution in [3.05, 3.63) is 66.0 Å². The van der Waals surface area contributed by atoms with E-state index in [1.807, 2.05) is 4.90 Å². The van der Waals surface area contributed by atoms with Gasteiger partial charge in [0.25, 0.3) is 0 Å². The van der Waals surface area contributed by atoms with E-state index in [0.717, 1.165) is 50.9 Å². The lowest BCUT2D eigenvalue weighted by Crippen LogP contribution is -2.48. The molecule has 0 aliphatic carbocycles. The third-order valence-corrected chi connectivity index (χ3v) is 10.6. The second-order valence-corrected chi connectivity index (χ2v) is 13.7. The molecule has 2 aromatic carbocycles. The number of rotatable bonds is 7. The maximum Gasteiger partial charge on any atom is 0.319 e. The van der Waals surface area contributed by atoms with Gasteiger partial charge in [-0.05, 0) is 62.7 Å². The van der Waals surface area contributed by atoms with Gasteiger partial charge in [0.2, 0.25) is 5.91 Å². The van der Waals surface area contributed by atoms with Gasteiger partial charge in [0, 0.05) is 49.0 Å². The predicted molar refractivity (Wildman–Crippen MR) is 202 cm³/mol. The number of hydrogen-bond donors (Lipinski definition) is 2. The van der Waals surface area contributed by atoms with Crippen molar-refractivity contribution >= 4 is 57.4 Å². The zero-order valence-corrected chi connectivity index (χ0v) is 30.8. The second kappa shape index (κ2) is 15.1. The summed E-state index contributed by atoms with van der Waals surface area (Å²) in [6.45, 7) is 6.12. The van der Waals surface area contributed by atoms with Crippen LogP contribution in [0.25, 0.3) is 32.9 Å². The Balaban J connectivity index is 0.00000406. The van der Waals surface area contributed by atoms with Crippen molar-refractivity contribution in [2.45, 2.75) is 43.7 Å². The molecule has 51 heavy (non-hydrogen) atoms. The Morgan fingerprint density at radius 1 is 1.04 bits per heavy atom. The van der Waals surface area contributed by atoms with E-state index in [4.69, 9.17) is 20.2 Å². The molecule has 1 amide bonds. The fourth-order valence-electron chi connectivity index (χ4n) is 8.10. The van der Waals surface area contributed by atoms with Crippen LogP contribution in [-0.2, 0) is 9.53 Å². The number of anilines is 1. The lowest BCUT2D eigenvalue weighted by molar-refractivity contribution is -0.135. The molecule has 4 aliphatic heterocycles. The van der Waals surface area contributed by atoms with Gasteiger partial charge < -0.3 is 30.3 Å². The summed E-state index contributed by atoms with van der Waals surface area (Å²) in [5.41, 5.74) is 7.52. The van der Waals surface area contributed by atoms with Gasteiger partial charge in [0.05, 0.1) is 30.7 Å². The van der Waals surface area contributed by atoms with Gasteiger partial charge in [-0.3, -0.25) is 14.7 Å². The number of nitrogens with one attached hydrogen (secondary N) is 1. The van der Waals surface area contributed by atoms with Gasteiger partial charge in [-0.15, -0.1) is 24.0 Å². The molecule has 0 saturated carbocycles. The minimum absolute atomic E-state index is 0. The molecule has 8 rings (SSSR count). The number of ether oxygens (including phenoxy) is 2. The smallest absolute Gasteiger partial charge is 0.319 e. The molecule has 0 radical (unpaired) electrons. The molecule has 0 spiro atoms. The minimum atomic E-state index is -0.834. The normalized spacial score (nSPS) is 20.6. The van der Waals surface area contributed by atoms with Crippen molar-refractivity contribution in [2.24, 2.45) is 5.73 Å². The Hall–Kier alpha value is -3.73. The third-order valence-electron chi connectivity index (χ3n) is 10.6. The number of carbonyl (C=O) groups is 1. The first-order valence-electron chi connectivity index (χ1n) is 17.6. The van der Waals surface area contributed by atoms with Crippen LogP contribution in [0.2, 0.25) is 0 Å². The average Bonchev–Trinajstić information content (AvgIpc) is 3.64. The first kappa shape index (κ1) is 35.7. The summed E-state index contributed by atoms with van der Waals surface area (Å²) in [6, 6.07) is 9.28. The second-order valence-electron chi connectivity index (χ2n) is 13.7. The van der Waals surface area contributed by atoms with Crippen molar-refractivity contribution in [3.8, 4) is 17.3 Å². The Bertz CT molecular complexity index is 1940. The third kappa shape index (κ3) is 6.94. The predicted octanol–water partition coefficient (Wildman–Crippen LogP) is 4.62. The zero-order chi connectivity index (χ0) is 34.2. The van der Waals surface area contributed by atoms with Gasteiger partial charge in [-0.2, -0.15) is 9.97 Å². The summed E-state index contributed by atoms with van der Waals surface area (Å²) in [5.74, 6) is -0.806. The van der Waals surface area contributed by atoms with Gasteiger partial charge >= 0.3 is 6.01 Å². The van der Waals surface area contributed by atoms with Crippen LogP contribution in [-0.4, -0.2) is 108 Å². The van der Waals surface area contributed by atoms with Gasteiger partial charge in [0.1, 0.15) is 35.5 Å². The van der Waals surface area contributed by atoms with Crippen LogP contribution in [0, 0.1) is 11.6 Å². The number of fused-ring (bicyclic) bond motifs is 3. The van der Waals surface area contributed by atoms with Crippen LogP contribution in [0.3, 0.4) is 0 Å². The molecule has 1 unspecified atom stereocenters. The number of halogens is 3. The van der Waals surface area contributed by atoms with E-state index in [9.17, 15) is 4.79 Å². The molecule has 4 fully saturated rings. The Labute approximate surface area is 312 Å². The lowest BCUT2D eigenvalue weighted by Gasteiger charge is -2.31. The van der Waals surface area contributed by atoms with Crippen LogP contribution in [0.5, 0.6) is 6.01 Å². The van der Waals surface area contributed by atoms with Crippen molar-refractivity contribution < 1.29 is 23.0 Å². The Morgan fingerprint density at radius 2 is 1.80 bits per heavy atom. The van der Waals surface area contributed by atoms with Gasteiger partial charge in [-0.25, -0.2) is 8.78 Å². The van der Waals surface area contributed by atoms with Crippen LogP contribution >= 0.6 is 24.0 Å². The van der Waals surface area contributed by atoms with E-state index in [1.54, 1.807) is 47.5 Å². The van der Waals surface area contributed by atoms with Crippen molar-refractivity contribution in [2.75, 3.05) is 70.5 Å². The minimum Gasteiger partial charge on any atom is -0.461 e. The highest BCUT2D eigenvalue weighted by atomic mass is 127. The molecule has 2 aromatic heterocycles. The number of nitrogens with two attached hydrogens (primary N) is 1. The number of carbonyl (C=O) groups excluding carboxylic acids is 1. The van der Waals surface area contributed by atoms with E-state index < -0.39 is 17.7 Å². The molecule has 11 nitrogen and oxygen atoms in total. The number of pyridine rings is 1. The summed E-state index contributed by atoms with van der Waals surface area (Å²) in [6.07, 6.45) is 8.39. The van der Waals surface area contributed by atoms with E-state index in [2.05, 4.69) is 20.2 Å². The fraction of sp³-hybridized carbons (Fsp3) is 0.459. The molecule has 0 bridgehead atoms. The van der Waals surface area contributed by atoms with E-state index in [0.29, 0.717) is 80.1 Å². The molecular weight excluding hydrogens is 769 g/mol. The highest BCUT2D eigenvalue weighted by Gasteiger charge is 2.45. The summed E-state index contributed by atoms with van der Waals surface area (Å²) in [4.78, 5) is 33.5. The molecule has 4 aromatic rings. The number of morpholine rings is 1. The number of aromatic nitrogens is 3. The van der Waals surface area contributed by atoms with E-state index >= 15 is 8.78 Å². The molecule has 4 saturated heterocycles. The van der Waals surface area contributed by atoms with Crippen molar-refractivity contribution in [1.82, 2.24) is 30.1 Å². The summed E-state index contributed by atoms with van der Waals surface area (Å²) in [5, 5.41) is 4.78. The van der Waals surface area contributed by atoms with Crippen molar-refractivity contribution in [1.29, 1.82) is 0 Å². The highest BCUT2D eigenvalue weighted by molar-refractivity contribution is 14.0. The maximum absolute atomic E-state index is 16.8. The van der Waals surface area contributed by atoms with Crippen LogP contribution < -0.4 is 20.7 Å². The van der Waals surface area contributed by atoms with Crippen LogP contribution in [0.1, 0.15) is 32.1 Å². The lowest BCUT2D eigenvalue weighted by atomic mass is 9.95. The Morgan fingerprint density at radius 3 is 2.59 bits per heavy atom. The summed E-state index contributed by atoms with van der Waals surface area (Å²) in [7, 11) is 0. The maximum atomic E-state index is 16.8. The molecular formula is C37H43F2IN8O3. The van der Waals surface area contributed by atoms with Crippen LogP contribution in [0.4, 0.5) is 14.6 Å². The number of amides is 1. The zero-order valence-electron chi connectivity index (χ0n) is 28.5. The van der Waals surface area contributed by atoms with Gasteiger partial charge in [0.15, 0.2) is 5.82 Å². The molecule has 3 N–H and O–H groups in total. The SMILES string of the molecule is I.NC(/C=C1/CN(c2nc(OCC34CCCN3CCC4)nc3c(F)c(-c4cccc5cccc(F)c45)ncc23)CCCN1)C(=O)N1CCOCC1. The Kier molecular flexibility index (Phi) is 10.6. The quantitative estimate of drug-likeness (QED) is 0.256. The average molecular weight is 813 g/mol. The van der Waals surface area contributed by atoms with E-state index in [-0.39, 0.29) is 52.6 Å². The number of nitrogens with zero attached hydrogens (tertiary/aromatic N) is 6. The molecule has 1 atom stereocenters. The molecule has 270 valence electrons. The molecule has 14 heteroatoms.